The molecule has 0 bridgehead atoms. The van der Waals surface area contributed by atoms with Gasteiger partial charge in [0.1, 0.15) is 12.4 Å². The van der Waals surface area contributed by atoms with Crippen molar-refractivity contribution >= 4 is 5.91 Å². The van der Waals surface area contributed by atoms with Gasteiger partial charge in [-0.1, -0.05) is 13.0 Å². The van der Waals surface area contributed by atoms with Crippen LogP contribution in [-0.4, -0.2) is 44.1 Å². The quantitative estimate of drug-likeness (QED) is 0.792. The van der Waals surface area contributed by atoms with Gasteiger partial charge in [-0.3, -0.25) is 9.69 Å². The fraction of sp³-hybridized carbons (Fsp3) is 0.562. The molecule has 0 aliphatic carbocycles. The maximum absolute atomic E-state index is 11.5. The molecule has 1 aromatic carbocycles. The third kappa shape index (κ3) is 6.57. The Morgan fingerprint density at radius 1 is 1.25 bits per heavy atom. The van der Waals surface area contributed by atoms with E-state index in [2.05, 4.69) is 25.2 Å². The van der Waals surface area contributed by atoms with Gasteiger partial charge in [-0.2, -0.15) is 0 Å². The first kappa shape index (κ1) is 16.5. The number of hydrogen-bond donors (Lipinski definition) is 1. The van der Waals surface area contributed by atoms with Crippen LogP contribution in [0.4, 0.5) is 0 Å². The van der Waals surface area contributed by atoms with Crippen LogP contribution in [0.5, 0.6) is 5.75 Å². The summed E-state index contributed by atoms with van der Waals surface area (Å²) in [6, 6.07) is 6.18. The summed E-state index contributed by atoms with van der Waals surface area (Å²) in [4.78, 5) is 13.5. The van der Waals surface area contributed by atoms with E-state index in [0.717, 1.165) is 25.3 Å². The van der Waals surface area contributed by atoms with Gasteiger partial charge in [0, 0.05) is 13.1 Å². The van der Waals surface area contributed by atoms with Crippen LogP contribution in [0.15, 0.2) is 18.2 Å². The van der Waals surface area contributed by atoms with Gasteiger partial charge < -0.3 is 10.1 Å². The van der Waals surface area contributed by atoms with E-state index in [-0.39, 0.29) is 5.91 Å². The third-order valence-corrected chi connectivity index (χ3v) is 2.92. The molecule has 0 heterocycles. The van der Waals surface area contributed by atoms with E-state index >= 15 is 0 Å². The van der Waals surface area contributed by atoms with Crippen molar-refractivity contribution in [2.45, 2.75) is 27.2 Å². The van der Waals surface area contributed by atoms with Gasteiger partial charge >= 0.3 is 0 Å². The minimum absolute atomic E-state index is 0.0701. The van der Waals surface area contributed by atoms with Gasteiger partial charge in [0.15, 0.2) is 0 Å². The molecule has 1 aromatic rings. The van der Waals surface area contributed by atoms with Crippen LogP contribution in [0.1, 0.15) is 24.5 Å². The molecule has 1 N–H and O–H groups in total. The second kappa shape index (κ2) is 8.59. The summed E-state index contributed by atoms with van der Waals surface area (Å²) in [5.41, 5.74) is 2.40. The van der Waals surface area contributed by atoms with Crippen molar-refractivity contribution in [2.75, 3.05) is 33.3 Å². The predicted molar refractivity (Wildman–Crippen MR) is 82.2 cm³/mol. The number of carbonyl (C=O) groups excluding carboxylic acids is 1. The Balaban J connectivity index is 2.27. The van der Waals surface area contributed by atoms with Crippen molar-refractivity contribution in [3.63, 3.8) is 0 Å². The Morgan fingerprint density at radius 3 is 2.50 bits per heavy atom. The normalized spacial score (nSPS) is 10.7. The fourth-order valence-electron chi connectivity index (χ4n) is 1.98. The molecule has 0 radical (unpaired) electrons. The number of benzene rings is 1. The van der Waals surface area contributed by atoms with Crippen molar-refractivity contribution < 1.29 is 9.53 Å². The molecule has 0 fully saturated rings. The highest BCUT2D eigenvalue weighted by molar-refractivity contribution is 5.77. The van der Waals surface area contributed by atoms with Crippen LogP contribution < -0.4 is 10.1 Å². The molecule has 0 aliphatic rings. The van der Waals surface area contributed by atoms with Crippen LogP contribution in [-0.2, 0) is 4.79 Å². The van der Waals surface area contributed by atoms with E-state index in [1.165, 1.54) is 11.1 Å². The number of nitrogens with one attached hydrogen (secondary N) is 1. The zero-order chi connectivity index (χ0) is 15.0. The van der Waals surface area contributed by atoms with Gasteiger partial charge in [-0.15, -0.1) is 0 Å². The summed E-state index contributed by atoms with van der Waals surface area (Å²) in [5.74, 6) is 0.965. The van der Waals surface area contributed by atoms with E-state index in [1.807, 2.05) is 31.0 Å². The second-order valence-corrected chi connectivity index (χ2v) is 5.26. The number of likely N-dealkylation sites (N-methyl/N-ethyl adjacent to an activating group) is 1. The predicted octanol–water partition coefficient (Wildman–Crippen LogP) is 2.14. The van der Waals surface area contributed by atoms with Gasteiger partial charge in [0.25, 0.3) is 0 Å². The smallest absolute Gasteiger partial charge is 0.234 e. The largest absolute Gasteiger partial charge is 0.492 e. The molecule has 0 saturated heterocycles. The molecule has 0 spiro atoms. The van der Waals surface area contributed by atoms with Crippen LogP contribution >= 0.6 is 0 Å². The van der Waals surface area contributed by atoms with Crippen LogP contribution in [0.3, 0.4) is 0 Å². The lowest BCUT2D eigenvalue weighted by atomic mass is 10.1. The highest BCUT2D eigenvalue weighted by Crippen LogP contribution is 2.15. The van der Waals surface area contributed by atoms with Crippen molar-refractivity contribution in [1.82, 2.24) is 10.2 Å². The van der Waals surface area contributed by atoms with Crippen LogP contribution in [0.25, 0.3) is 0 Å². The van der Waals surface area contributed by atoms with Gasteiger partial charge in [-0.25, -0.2) is 0 Å². The number of hydrogen-bond acceptors (Lipinski definition) is 3. The van der Waals surface area contributed by atoms with Gasteiger partial charge in [-0.05, 0) is 50.6 Å². The first-order valence-electron chi connectivity index (χ1n) is 7.17. The maximum atomic E-state index is 11.5. The van der Waals surface area contributed by atoms with Crippen molar-refractivity contribution in [2.24, 2.45) is 0 Å². The van der Waals surface area contributed by atoms with Gasteiger partial charge in [0.05, 0.1) is 6.54 Å². The van der Waals surface area contributed by atoms with E-state index < -0.39 is 0 Å². The summed E-state index contributed by atoms with van der Waals surface area (Å²) in [7, 11) is 1.93. The van der Waals surface area contributed by atoms with Crippen LogP contribution in [0.2, 0.25) is 0 Å². The molecule has 0 saturated carbocycles. The first-order chi connectivity index (χ1) is 9.51. The average molecular weight is 278 g/mol. The fourth-order valence-corrected chi connectivity index (χ4v) is 1.98. The minimum Gasteiger partial charge on any atom is -0.492 e. The number of carbonyl (C=O) groups is 1. The van der Waals surface area contributed by atoms with Crippen molar-refractivity contribution in [3.8, 4) is 5.75 Å². The number of ether oxygens (including phenoxy) is 1. The molecule has 1 amide bonds. The molecule has 0 atom stereocenters. The average Bonchev–Trinajstić information content (AvgIpc) is 2.35. The molecular weight excluding hydrogens is 252 g/mol. The zero-order valence-electron chi connectivity index (χ0n) is 13.0. The number of rotatable bonds is 8. The zero-order valence-corrected chi connectivity index (χ0v) is 13.0. The summed E-state index contributed by atoms with van der Waals surface area (Å²) in [5, 5.41) is 2.86. The molecule has 4 heteroatoms. The maximum Gasteiger partial charge on any atom is 0.234 e. The molecule has 0 unspecified atom stereocenters. The van der Waals surface area contributed by atoms with Crippen molar-refractivity contribution in [1.29, 1.82) is 0 Å². The Hall–Kier alpha value is -1.55. The first-order valence-corrected chi connectivity index (χ1v) is 7.17. The second-order valence-electron chi connectivity index (χ2n) is 5.26. The van der Waals surface area contributed by atoms with Gasteiger partial charge in [0.2, 0.25) is 5.91 Å². The Labute approximate surface area is 122 Å². The summed E-state index contributed by atoms with van der Waals surface area (Å²) >= 11 is 0. The standard InChI is InChI=1S/C16H26N2O2/c1-5-6-17-16(19)12-18(4)7-8-20-15-10-13(2)9-14(3)11-15/h9-11H,5-8,12H2,1-4H3,(H,17,19). The molecule has 1 rings (SSSR count). The number of aryl methyl sites for hydroxylation is 2. The Kier molecular flexibility index (Phi) is 7.09. The molecule has 20 heavy (non-hydrogen) atoms. The lowest BCUT2D eigenvalue weighted by molar-refractivity contribution is -0.122. The lowest BCUT2D eigenvalue weighted by Crippen LogP contribution is -2.37. The molecule has 0 aromatic heterocycles. The van der Waals surface area contributed by atoms with E-state index in [1.54, 1.807) is 0 Å². The lowest BCUT2D eigenvalue weighted by Gasteiger charge is -2.16. The summed E-state index contributed by atoms with van der Waals surface area (Å²) in [6.07, 6.45) is 0.964. The number of nitrogens with zero attached hydrogens (tertiary/aromatic N) is 1. The summed E-state index contributed by atoms with van der Waals surface area (Å²) in [6.45, 7) is 8.63. The monoisotopic (exact) mass is 278 g/mol. The molecular formula is C16H26N2O2. The number of amides is 1. The SMILES string of the molecule is CCCNC(=O)CN(C)CCOc1cc(C)cc(C)c1. The van der Waals surface area contributed by atoms with Crippen molar-refractivity contribution in [3.05, 3.63) is 29.3 Å². The van der Waals surface area contributed by atoms with E-state index in [0.29, 0.717) is 13.2 Å². The minimum atomic E-state index is 0.0701. The molecule has 4 nitrogen and oxygen atoms in total. The Morgan fingerprint density at radius 2 is 1.90 bits per heavy atom. The van der Waals surface area contributed by atoms with E-state index in [9.17, 15) is 4.79 Å². The Bertz CT molecular complexity index is 412. The van der Waals surface area contributed by atoms with E-state index in [4.69, 9.17) is 4.74 Å². The topological polar surface area (TPSA) is 41.6 Å². The van der Waals surface area contributed by atoms with Crippen LogP contribution in [0, 0.1) is 13.8 Å². The highest BCUT2D eigenvalue weighted by Gasteiger charge is 2.05. The highest BCUT2D eigenvalue weighted by atomic mass is 16.5. The molecule has 112 valence electrons. The third-order valence-electron chi connectivity index (χ3n) is 2.92. The summed E-state index contributed by atoms with van der Waals surface area (Å²) < 4.78 is 5.73. The molecule has 0 aliphatic heterocycles.